The molecule has 0 radical (unpaired) electrons. The molecular formula is C17H21N. The van der Waals surface area contributed by atoms with Crippen LogP contribution in [0, 0.1) is 20.8 Å². The molecule has 1 nitrogen and oxygen atoms in total. The van der Waals surface area contributed by atoms with Gasteiger partial charge in [-0.05, 0) is 49.4 Å². The molecule has 18 heavy (non-hydrogen) atoms. The molecule has 1 aromatic carbocycles. The van der Waals surface area contributed by atoms with Gasteiger partial charge in [0.25, 0.3) is 0 Å². The number of hydrogen-bond acceptors (Lipinski definition) is 1. The SMILES string of the molecule is Cc1ccc(-c2cc(C)c(C(C)C)cn2)c(C)c1. The Balaban J connectivity index is 2.49. The molecule has 1 heteroatoms. The molecule has 1 heterocycles. The van der Waals surface area contributed by atoms with Crippen LogP contribution < -0.4 is 0 Å². The first-order valence-corrected chi connectivity index (χ1v) is 6.53. The minimum absolute atomic E-state index is 0.533. The summed E-state index contributed by atoms with van der Waals surface area (Å²) in [5.41, 5.74) is 7.57. The fraction of sp³-hybridized carbons (Fsp3) is 0.353. The Morgan fingerprint density at radius 3 is 2.22 bits per heavy atom. The number of aryl methyl sites for hydroxylation is 3. The van der Waals surface area contributed by atoms with Crippen molar-refractivity contribution in [3.05, 3.63) is 52.7 Å². The lowest BCUT2D eigenvalue weighted by molar-refractivity contribution is 0.848. The van der Waals surface area contributed by atoms with Gasteiger partial charge in [0.15, 0.2) is 0 Å². The number of hydrogen-bond donors (Lipinski definition) is 0. The lowest BCUT2D eigenvalue weighted by Gasteiger charge is -2.12. The summed E-state index contributed by atoms with van der Waals surface area (Å²) in [4.78, 5) is 4.62. The van der Waals surface area contributed by atoms with E-state index in [0.717, 1.165) is 5.69 Å². The molecule has 0 N–H and O–H groups in total. The van der Waals surface area contributed by atoms with E-state index in [1.165, 1.54) is 27.8 Å². The lowest BCUT2D eigenvalue weighted by Crippen LogP contribution is -1.96. The molecule has 0 amide bonds. The monoisotopic (exact) mass is 239 g/mol. The topological polar surface area (TPSA) is 12.9 Å². The highest BCUT2D eigenvalue weighted by molar-refractivity contribution is 5.64. The van der Waals surface area contributed by atoms with Crippen molar-refractivity contribution in [3.63, 3.8) is 0 Å². The van der Waals surface area contributed by atoms with Crippen molar-refractivity contribution in [1.29, 1.82) is 0 Å². The molecule has 0 atom stereocenters. The Morgan fingerprint density at radius 1 is 0.944 bits per heavy atom. The van der Waals surface area contributed by atoms with Gasteiger partial charge in [0.1, 0.15) is 0 Å². The molecule has 0 fully saturated rings. The van der Waals surface area contributed by atoms with Gasteiger partial charge < -0.3 is 0 Å². The maximum absolute atomic E-state index is 4.62. The van der Waals surface area contributed by atoms with Crippen LogP contribution in [0.4, 0.5) is 0 Å². The molecule has 0 saturated carbocycles. The van der Waals surface area contributed by atoms with Crippen molar-refractivity contribution >= 4 is 0 Å². The maximum atomic E-state index is 4.62. The highest BCUT2D eigenvalue weighted by atomic mass is 14.7. The van der Waals surface area contributed by atoms with Crippen LogP contribution in [0.1, 0.15) is 42.0 Å². The zero-order valence-electron chi connectivity index (χ0n) is 11.9. The fourth-order valence-corrected chi connectivity index (χ4v) is 2.42. The van der Waals surface area contributed by atoms with Gasteiger partial charge in [0.2, 0.25) is 0 Å². The van der Waals surface area contributed by atoms with Crippen LogP contribution in [0.25, 0.3) is 11.3 Å². The minimum Gasteiger partial charge on any atom is -0.256 e. The minimum atomic E-state index is 0.533. The van der Waals surface area contributed by atoms with Crippen molar-refractivity contribution in [2.45, 2.75) is 40.5 Å². The molecule has 0 aliphatic heterocycles. The first-order chi connectivity index (χ1) is 8.49. The van der Waals surface area contributed by atoms with Crippen LogP contribution >= 0.6 is 0 Å². The quantitative estimate of drug-likeness (QED) is 0.733. The summed E-state index contributed by atoms with van der Waals surface area (Å²) in [5, 5.41) is 0. The lowest BCUT2D eigenvalue weighted by atomic mass is 9.97. The third-order valence-electron chi connectivity index (χ3n) is 3.43. The van der Waals surface area contributed by atoms with E-state index in [0.29, 0.717) is 5.92 Å². The Morgan fingerprint density at radius 2 is 1.67 bits per heavy atom. The summed E-state index contributed by atoms with van der Waals surface area (Å²) < 4.78 is 0. The zero-order valence-corrected chi connectivity index (χ0v) is 11.9. The molecule has 0 aliphatic carbocycles. The Kier molecular flexibility index (Phi) is 3.51. The second-order valence-electron chi connectivity index (χ2n) is 5.40. The molecular weight excluding hydrogens is 218 g/mol. The smallest absolute Gasteiger partial charge is 0.0707 e. The molecule has 94 valence electrons. The zero-order chi connectivity index (χ0) is 13.3. The van der Waals surface area contributed by atoms with Gasteiger partial charge in [-0.15, -0.1) is 0 Å². The van der Waals surface area contributed by atoms with E-state index in [-0.39, 0.29) is 0 Å². The first-order valence-electron chi connectivity index (χ1n) is 6.53. The van der Waals surface area contributed by atoms with Gasteiger partial charge in [0, 0.05) is 11.8 Å². The first kappa shape index (κ1) is 12.8. The van der Waals surface area contributed by atoms with Crippen molar-refractivity contribution in [2.75, 3.05) is 0 Å². The largest absolute Gasteiger partial charge is 0.256 e. The Bertz CT molecular complexity index is 568. The van der Waals surface area contributed by atoms with Crippen LogP contribution in [-0.4, -0.2) is 4.98 Å². The highest BCUT2D eigenvalue weighted by Gasteiger charge is 2.08. The molecule has 1 aromatic heterocycles. The molecule has 2 aromatic rings. The van der Waals surface area contributed by atoms with E-state index in [2.05, 4.69) is 63.9 Å². The van der Waals surface area contributed by atoms with Crippen molar-refractivity contribution in [2.24, 2.45) is 0 Å². The third kappa shape index (κ3) is 2.45. The van der Waals surface area contributed by atoms with Gasteiger partial charge in [-0.1, -0.05) is 37.6 Å². The Hall–Kier alpha value is -1.63. The fourth-order valence-electron chi connectivity index (χ4n) is 2.42. The van der Waals surface area contributed by atoms with Gasteiger partial charge in [-0.25, -0.2) is 0 Å². The summed E-state index contributed by atoms with van der Waals surface area (Å²) in [7, 11) is 0. The predicted molar refractivity (Wildman–Crippen MR) is 78.0 cm³/mol. The van der Waals surface area contributed by atoms with Gasteiger partial charge >= 0.3 is 0 Å². The van der Waals surface area contributed by atoms with E-state index >= 15 is 0 Å². The maximum Gasteiger partial charge on any atom is 0.0707 e. The van der Waals surface area contributed by atoms with E-state index in [1.54, 1.807) is 0 Å². The van der Waals surface area contributed by atoms with Crippen LogP contribution in [0.2, 0.25) is 0 Å². The molecule has 0 spiro atoms. The predicted octanol–water partition coefficient (Wildman–Crippen LogP) is 4.80. The Labute approximate surface area is 110 Å². The standard InChI is InChI=1S/C17H21N/c1-11(2)16-10-18-17(9-14(16)5)15-7-6-12(3)8-13(15)4/h6-11H,1-5H3. The normalized spacial score (nSPS) is 11.0. The van der Waals surface area contributed by atoms with Gasteiger partial charge in [0.05, 0.1) is 5.69 Å². The molecule has 0 saturated heterocycles. The van der Waals surface area contributed by atoms with Gasteiger partial charge in [-0.2, -0.15) is 0 Å². The van der Waals surface area contributed by atoms with Crippen molar-refractivity contribution in [1.82, 2.24) is 4.98 Å². The van der Waals surface area contributed by atoms with E-state index in [1.807, 2.05) is 6.20 Å². The van der Waals surface area contributed by atoms with Gasteiger partial charge in [-0.3, -0.25) is 4.98 Å². The number of aromatic nitrogens is 1. The third-order valence-corrected chi connectivity index (χ3v) is 3.43. The van der Waals surface area contributed by atoms with Crippen LogP contribution in [0.5, 0.6) is 0 Å². The van der Waals surface area contributed by atoms with E-state index in [9.17, 15) is 0 Å². The molecule has 0 unspecified atom stereocenters. The highest BCUT2D eigenvalue weighted by Crippen LogP contribution is 2.26. The average Bonchev–Trinajstić information content (AvgIpc) is 2.28. The summed E-state index contributed by atoms with van der Waals surface area (Å²) >= 11 is 0. The van der Waals surface area contributed by atoms with Crippen LogP contribution in [-0.2, 0) is 0 Å². The molecule has 0 bridgehead atoms. The number of nitrogens with zero attached hydrogens (tertiary/aromatic N) is 1. The average molecular weight is 239 g/mol. The number of benzene rings is 1. The van der Waals surface area contributed by atoms with E-state index < -0.39 is 0 Å². The summed E-state index contributed by atoms with van der Waals surface area (Å²) in [6, 6.07) is 8.73. The van der Waals surface area contributed by atoms with Crippen LogP contribution in [0.15, 0.2) is 30.5 Å². The second-order valence-corrected chi connectivity index (χ2v) is 5.40. The molecule has 2 rings (SSSR count). The van der Waals surface area contributed by atoms with Crippen molar-refractivity contribution < 1.29 is 0 Å². The molecule has 0 aliphatic rings. The van der Waals surface area contributed by atoms with Crippen molar-refractivity contribution in [3.8, 4) is 11.3 Å². The number of rotatable bonds is 2. The summed E-state index contributed by atoms with van der Waals surface area (Å²) in [6.07, 6.45) is 2.02. The van der Waals surface area contributed by atoms with Crippen LogP contribution in [0.3, 0.4) is 0 Å². The van der Waals surface area contributed by atoms with E-state index in [4.69, 9.17) is 0 Å². The second kappa shape index (κ2) is 4.93. The summed E-state index contributed by atoms with van der Waals surface area (Å²) in [5.74, 6) is 0.533. The number of pyridine rings is 1. The summed E-state index contributed by atoms with van der Waals surface area (Å²) in [6.45, 7) is 10.9.